The van der Waals surface area contributed by atoms with Crippen LogP contribution in [0.4, 0.5) is 29.3 Å². The summed E-state index contributed by atoms with van der Waals surface area (Å²) in [6.07, 6.45) is 0.197. The van der Waals surface area contributed by atoms with Crippen LogP contribution in [0, 0.1) is 5.92 Å². The third-order valence-electron chi connectivity index (χ3n) is 6.07. The molecule has 3 aromatic heterocycles. The Bertz CT molecular complexity index is 1240. The van der Waals surface area contributed by atoms with Crippen LogP contribution in [0.1, 0.15) is 18.9 Å². The van der Waals surface area contributed by atoms with Gasteiger partial charge in [0.2, 0.25) is 0 Å². The number of hydrogen-bond acceptors (Lipinski definition) is 5. The monoisotopic (exact) mass is 463 g/mol. The Morgan fingerprint density at radius 2 is 2.06 bits per heavy atom. The van der Waals surface area contributed by atoms with Gasteiger partial charge in [0, 0.05) is 44.8 Å². The van der Waals surface area contributed by atoms with Gasteiger partial charge in [0.25, 0.3) is 5.56 Å². The van der Waals surface area contributed by atoms with E-state index in [0.29, 0.717) is 37.4 Å². The van der Waals surface area contributed by atoms with Crippen LogP contribution in [-0.2, 0) is 13.2 Å². The number of aryl methyl sites for hydroxylation is 1. The first-order chi connectivity index (χ1) is 15.5. The summed E-state index contributed by atoms with van der Waals surface area (Å²) in [5, 5.41) is 10.1. The molecule has 0 bridgehead atoms. The third kappa shape index (κ3) is 4.50. The molecular formula is C21H24F3N7O2. The summed E-state index contributed by atoms with van der Waals surface area (Å²) in [5.74, 6) is 0.0684. The van der Waals surface area contributed by atoms with Gasteiger partial charge in [0.05, 0.1) is 23.6 Å². The fourth-order valence-corrected chi connectivity index (χ4v) is 4.25. The number of aromatic nitrogens is 4. The summed E-state index contributed by atoms with van der Waals surface area (Å²) >= 11 is 0. The number of piperidine rings is 1. The van der Waals surface area contributed by atoms with Crippen molar-refractivity contribution in [2.24, 2.45) is 13.0 Å². The summed E-state index contributed by atoms with van der Waals surface area (Å²) in [5.41, 5.74) is -0.469. The number of halogens is 3. The normalized spacial score (nSPS) is 19.0. The lowest BCUT2D eigenvalue weighted by Gasteiger charge is -2.42. The number of amides is 2. The summed E-state index contributed by atoms with van der Waals surface area (Å²) in [4.78, 5) is 33.1. The molecule has 33 heavy (non-hydrogen) atoms. The van der Waals surface area contributed by atoms with Crippen LogP contribution in [0.5, 0.6) is 0 Å². The van der Waals surface area contributed by atoms with Gasteiger partial charge in [-0.2, -0.15) is 18.3 Å². The average Bonchev–Trinajstić information content (AvgIpc) is 3.23. The Kier molecular flexibility index (Phi) is 5.76. The Balaban J connectivity index is 1.45. The van der Waals surface area contributed by atoms with Crippen LogP contribution in [0.2, 0.25) is 0 Å². The number of aromatic amines is 1. The number of carbonyl (C=O) groups is 1. The van der Waals surface area contributed by atoms with Crippen molar-refractivity contribution < 1.29 is 18.0 Å². The van der Waals surface area contributed by atoms with Gasteiger partial charge in [-0.1, -0.05) is 6.92 Å². The van der Waals surface area contributed by atoms with E-state index in [0.717, 1.165) is 15.6 Å². The van der Waals surface area contributed by atoms with Crippen molar-refractivity contribution in [1.29, 1.82) is 0 Å². The van der Waals surface area contributed by atoms with Crippen LogP contribution in [-0.4, -0.2) is 56.9 Å². The van der Waals surface area contributed by atoms with Crippen molar-refractivity contribution in [1.82, 2.24) is 24.6 Å². The maximum Gasteiger partial charge on any atom is 0.417 e. The van der Waals surface area contributed by atoms with Crippen molar-refractivity contribution in [3.63, 3.8) is 0 Å². The first kappa shape index (κ1) is 22.6. The molecule has 0 aliphatic carbocycles. The highest BCUT2D eigenvalue weighted by molar-refractivity contribution is 5.89. The smallest absolute Gasteiger partial charge is 0.370 e. The number of nitrogens with one attached hydrogen (secondary N) is 2. The number of pyridine rings is 2. The molecule has 12 heteroatoms. The maximum atomic E-state index is 13.1. The molecule has 4 rings (SSSR count). The molecule has 1 fully saturated rings. The quantitative estimate of drug-likeness (QED) is 0.622. The van der Waals surface area contributed by atoms with E-state index >= 15 is 0 Å². The summed E-state index contributed by atoms with van der Waals surface area (Å²) in [6, 6.07) is 1.89. The minimum atomic E-state index is -4.63. The standard InChI is InChI=1S/C21H24F3N7O2/c1-12-10-31(15-6-13-8-26-28-18(13)25-9-15)5-4-17(12)30(3)20(33)27-16-7-14(21(22,23)24)11-29(2)19(16)32/h6-9,11-12,17H,4-5,10H2,1-3H3,(H,27,33)(H,25,26,28)/t12-,17+/m0/s1. The second-order valence-corrected chi connectivity index (χ2v) is 8.38. The number of nitrogens with zero attached hydrogens (tertiary/aromatic N) is 5. The van der Waals surface area contributed by atoms with Crippen LogP contribution in [0.15, 0.2) is 35.5 Å². The van der Waals surface area contributed by atoms with Gasteiger partial charge >= 0.3 is 12.2 Å². The predicted octanol–water partition coefficient (Wildman–Crippen LogP) is 3.05. The first-order valence-electron chi connectivity index (χ1n) is 10.4. The zero-order valence-corrected chi connectivity index (χ0v) is 18.3. The molecule has 2 amide bonds. The molecule has 2 atom stereocenters. The Labute approximate surface area is 187 Å². The number of alkyl halides is 3. The van der Waals surface area contributed by atoms with Gasteiger partial charge in [0.1, 0.15) is 5.69 Å². The Morgan fingerprint density at radius 3 is 2.76 bits per heavy atom. The van der Waals surface area contributed by atoms with Crippen molar-refractivity contribution in [3.8, 4) is 0 Å². The van der Waals surface area contributed by atoms with E-state index in [4.69, 9.17) is 0 Å². The topological polar surface area (TPSA) is 99.2 Å². The fraction of sp³-hybridized carbons (Fsp3) is 0.429. The number of urea groups is 1. The molecule has 4 heterocycles. The van der Waals surface area contributed by atoms with Gasteiger partial charge in [-0.05, 0) is 24.5 Å². The SMILES string of the molecule is C[C@H]1CN(c2cnc3[nH]ncc3c2)CC[C@H]1N(C)C(=O)Nc1cc(C(F)(F)F)cn(C)c1=O. The van der Waals surface area contributed by atoms with Crippen LogP contribution < -0.4 is 15.8 Å². The molecule has 0 radical (unpaired) electrons. The number of hydrogen-bond donors (Lipinski definition) is 2. The Hall–Kier alpha value is -3.57. The fourth-order valence-electron chi connectivity index (χ4n) is 4.25. The van der Waals surface area contributed by atoms with Gasteiger partial charge in [-0.25, -0.2) is 9.78 Å². The minimum Gasteiger partial charge on any atom is -0.370 e. The van der Waals surface area contributed by atoms with Crippen molar-refractivity contribution >= 4 is 28.4 Å². The van der Waals surface area contributed by atoms with Gasteiger partial charge in [-0.15, -0.1) is 0 Å². The molecular weight excluding hydrogens is 439 g/mol. The molecule has 1 aliphatic rings. The van der Waals surface area contributed by atoms with Gasteiger partial charge in [0.15, 0.2) is 5.65 Å². The van der Waals surface area contributed by atoms with Crippen LogP contribution in [0.25, 0.3) is 11.0 Å². The lowest BCUT2D eigenvalue weighted by Crippen LogP contribution is -2.52. The number of H-pyrrole nitrogens is 1. The molecule has 1 aliphatic heterocycles. The minimum absolute atomic E-state index is 0.0684. The van der Waals surface area contributed by atoms with E-state index in [-0.39, 0.29) is 12.0 Å². The second kappa shape index (κ2) is 8.41. The summed E-state index contributed by atoms with van der Waals surface area (Å²) in [7, 11) is 2.80. The number of rotatable bonds is 3. The highest BCUT2D eigenvalue weighted by Gasteiger charge is 2.34. The van der Waals surface area contributed by atoms with E-state index < -0.39 is 29.0 Å². The third-order valence-corrected chi connectivity index (χ3v) is 6.07. The molecule has 9 nitrogen and oxygen atoms in total. The molecule has 0 saturated carbocycles. The van der Waals surface area contributed by atoms with Gasteiger partial charge < -0.3 is 19.7 Å². The molecule has 1 saturated heterocycles. The molecule has 0 aromatic carbocycles. The van der Waals surface area contributed by atoms with E-state index in [2.05, 4.69) is 25.4 Å². The average molecular weight is 463 g/mol. The van der Waals surface area contributed by atoms with E-state index in [1.807, 2.05) is 13.0 Å². The lowest BCUT2D eigenvalue weighted by atomic mass is 9.92. The highest BCUT2D eigenvalue weighted by atomic mass is 19.4. The predicted molar refractivity (Wildman–Crippen MR) is 117 cm³/mol. The zero-order valence-electron chi connectivity index (χ0n) is 18.3. The number of fused-ring (bicyclic) bond motifs is 1. The molecule has 3 aromatic rings. The van der Waals surface area contributed by atoms with Crippen molar-refractivity contribution in [2.75, 3.05) is 30.4 Å². The molecule has 0 unspecified atom stereocenters. The largest absolute Gasteiger partial charge is 0.417 e. The Morgan fingerprint density at radius 1 is 1.30 bits per heavy atom. The van der Waals surface area contributed by atoms with Crippen molar-refractivity contribution in [3.05, 3.63) is 46.6 Å². The van der Waals surface area contributed by atoms with E-state index in [1.54, 1.807) is 19.4 Å². The maximum absolute atomic E-state index is 13.1. The lowest BCUT2D eigenvalue weighted by molar-refractivity contribution is -0.138. The number of anilines is 2. The summed E-state index contributed by atoms with van der Waals surface area (Å²) < 4.78 is 40.1. The van der Waals surface area contributed by atoms with E-state index in [9.17, 15) is 22.8 Å². The van der Waals surface area contributed by atoms with Crippen LogP contribution >= 0.6 is 0 Å². The van der Waals surface area contributed by atoms with Crippen LogP contribution in [0.3, 0.4) is 0 Å². The molecule has 0 spiro atoms. The van der Waals surface area contributed by atoms with Gasteiger partial charge in [-0.3, -0.25) is 9.89 Å². The highest BCUT2D eigenvalue weighted by Crippen LogP contribution is 2.30. The number of carbonyl (C=O) groups excluding carboxylic acids is 1. The summed E-state index contributed by atoms with van der Waals surface area (Å²) in [6.45, 7) is 3.34. The van der Waals surface area contributed by atoms with Crippen molar-refractivity contribution in [2.45, 2.75) is 25.6 Å². The molecule has 2 N–H and O–H groups in total. The van der Waals surface area contributed by atoms with E-state index in [1.165, 1.54) is 11.9 Å². The molecule has 176 valence electrons. The zero-order chi connectivity index (χ0) is 23.9. The second-order valence-electron chi connectivity index (χ2n) is 8.38. The first-order valence-corrected chi connectivity index (χ1v) is 10.4.